The third kappa shape index (κ3) is 5.60. The van der Waals surface area contributed by atoms with Gasteiger partial charge in [-0.3, -0.25) is 0 Å². The van der Waals surface area contributed by atoms with Crippen LogP contribution in [0.1, 0.15) is 11.1 Å². The lowest BCUT2D eigenvalue weighted by Gasteiger charge is -2.15. The van der Waals surface area contributed by atoms with Crippen molar-refractivity contribution in [1.29, 1.82) is 0 Å². The van der Waals surface area contributed by atoms with Gasteiger partial charge in [-0.25, -0.2) is 4.98 Å². The maximum atomic E-state index is 12.9. The molecule has 0 radical (unpaired) electrons. The number of nitrogens with one attached hydrogen (secondary N) is 2. The minimum Gasteiger partial charge on any atom is -0.362 e. The molecule has 134 valence electrons. The van der Waals surface area contributed by atoms with Crippen LogP contribution in [-0.2, 0) is 12.6 Å². The Morgan fingerprint density at radius 1 is 1.20 bits per heavy atom. The molecule has 0 aliphatic heterocycles. The smallest absolute Gasteiger partial charge is 0.362 e. The van der Waals surface area contributed by atoms with Crippen molar-refractivity contribution in [2.24, 2.45) is 0 Å². The molecule has 0 bridgehead atoms. The zero-order valence-corrected chi connectivity index (χ0v) is 15.5. The van der Waals surface area contributed by atoms with Gasteiger partial charge in [-0.2, -0.15) is 13.2 Å². The second-order valence-electron chi connectivity index (χ2n) is 4.89. The molecule has 10 heteroatoms. The highest BCUT2D eigenvalue weighted by molar-refractivity contribution is 7.80. The molecule has 25 heavy (non-hydrogen) atoms. The lowest BCUT2D eigenvalue weighted by atomic mass is 10.1. The Hall–Kier alpha value is -1.28. The quantitative estimate of drug-likeness (QED) is 0.492. The fourth-order valence-corrected chi connectivity index (χ4v) is 2.93. The van der Waals surface area contributed by atoms with E-state index in [0.717, 1.165) is 6.07 Å². The molecule has 2 aromatic rings. The Kier molecular flexibility index (Phi) is 6.73. The van der Waals surface area contributed by atoms with Crippen LogP contribution in [0.5, 0.6) is 0 Å². The number of hydrogen-bond donors (Lipinski definition) is 2. The first-order valence-electron chi connectivity index (χ1n) is 6.89. The number of thiocarbonyl (C=S) groups is 1. The summed E-state index contributed by atoms with van der Waals surface area (Å²) in [6, 6.07) is 5.31. The largest absolute Gasteiger partial charge is 0.419 e. The highest BCUT2D eigenvalue weighted by atomic mass is 35.5. The van der Waals surface area contributed by atoms with E-state index in [4.69, 9.17) is 47.0 Å². The van der Waals surface area contributed by atoms with E-state index in [-0.39, 0.29) is 10.9 Å². The first-order chi connectivity index (χ1) is 11.7. The van der Waals surface area contributed by atoms with Crippen molar-refractivity contribution in [3.63, 3.8) is 0 Å². The zero-order valence-electron chi connectivity index (χ0n) is 12.4. The Morgan fingerprint density at radius 2 is 1.92 bits per heavy atom. The van der Waals surface area contributed by atoms with Gasteiger partial charge in [-0.15, -0.1) is 0 Å². The van der Waals surface area contributed by atoms with E-state index in [9.17, 15) is 13.2 Å². The maximum Gasteiger partial charge on any atom is 0.419 e. The van der Waals surface area contributed by atoms with E-state index in [1.54, 1.807) is 6.07 Å². The molecule has 0 aliphatic rings. The Bertz CT molecular complexity index is 784. The molecule has 2 rings (SSSR count). The van der Waals surface area contributed by atoms with Crippen LogP contribution in [0.3, 0.4) is 0 Å². The summed E-state index contributed by atoms with van der Waals surface area (Å²) >= 11 is 22.9. The van der Waals surface area contributed by atoms with Crippen molar-refractivity contribution in [3.05, 3.63) is 56.7 Å². The Balaban J connectivity index is 1.97. The molecule has 0 spiro atoms. The van der Waals surface area contributed by atoms with Crippen molar-refractivity contribution in [2.75, 3.05) is 11.9 Å². The molecule has 0 atom stereocenters. The van der Waals surface area contributed by atoms with Gasteiger partial charge in [0.2, 0.25) is 0 Å². The van der Waals surface area contributed by atoms with Crippen LogP contribution in [0.2, 0.25) is 15.1 Å². The Labute approximate surface area is 162 Å². The summed E-state index contributed by atoms with van der Waals surface area (Å²) in [4.78, 5) is 3.67. The van der Waals surface area contributed by atoms with Crippen molar-refractivity contribution >= 4 is 58.0 Å². The minimum absolute atomic E-state index is 0.00782. The average molecular weight is 429 g/mol. The van der Waals surface area contributed by atoms with Crippen molar-refractivity contribution in [3.8, 4) is 0 Å². The molecule has 1 aromatic heterocycles. The number of halogens is 6. The fourth-order valence-electron chi connectivity index (χ4n) is 1.99. The summed E-state index contributed by atoms with van der Waals surface area (Å²) in [6.45, 7) is 0.316. The lowest BCUT2D eigenvalue weighted by molar-refractivity contribution is -0.137. The SMILES string of the molecule is FC(F)(F)c1cccnc1NC(=S)NCCc1cc(Cl)cc(Cl)c1Cl. The van der Waals surface area contributed by atoms with Crippen LogP contribution in [0, 0.1) is 0 Å². The minimum atomic E-state index is -4.53. The number of alkyl halides is 3. The molecule has 0 amide bonds. The number of aromatic nitrogens is 1. The van der Waals surface area contributed by atoms with Crippen molar-refractivity contribution in [2.45, 2.75) is 12.6 Å². The number of anilines is 1. The summed E-state index contributed by atoms with van der Waals surface area (Å²) in [5.74, 6) is -0.365. The highest BCUT2D eigenvalue weighted by Crippen LogP contribution is 2.33. The fraction of sp³-hybridized carbons (Fsp3) is 0.200. The van der Waals surface area contributed by atoms with Crippen LogP contribution < -0.4 is 10.6 Å². The molecule has 3 nitrogen and oxygen atoms in total. The molecule has 0 fully saturated rings. The Morgan fingerprint density at radius 3 is 2.60 bits per heavy atom. The summed E-state index contributed by atoms with van der Waals surface area (Å²) in [5.41, 5.74) is -0.202. The standard InChI is InChI=1S/C15H11Cl3F3N3S/c16-9-6-8(12(18)11(17)7-9)3-5-23-14(25)24-13-10(15(19,20)21)2-1-4-22-13/h1-2,4,6-7H,3,5H2,(H2,22,23,24,25). The van der Waals surface area contributed by atoms with Crippen LogP contribution in [0.25, 0.3) is 0 Å². The third-order valence-electron chi connectivity index (χ3n) is 3.09. The summed E-state index contributed by atoms with van der Waals surface area (Å²) in [6.07, 6.45) is -2.86. The first-order valence-corrected chi connectivity index (χ1v) is 8.43. The monoisotopic (exact) mass is 427 g/mol. The van der Waals surface area contributed by atoms with Crippen molar-refractivity contribution in [1.82, 2.24) is 10.3 Å². The van der Waals surface area contributed by atoms with Gasteiger partial charge in [0.1, 0.15) is 5.82 Å². The summed E-state index contributed by atoms with van der Waals surface area (Å²) in [7, 11) is 0. The molecule has 1 aromatic carbocycles. The molecular weight excluding hydrogens is 418 g/mol. The summed E-state index contributed by atoms with van der Waals surface area (Å²) in [5, 5.41) is 6.38. The second-order valence-corrected chi connectivity index (χ2v) is 6.52. The molecule has 2 N–H and O–H groups in total. The molecule has 0 aliphatic carbocycles. The van der Waals surface area contributed by atoms with Gasteiger partial charge in [0.05, 0.1) is 15.6 Å². The van der Waals surface area contributed by atoms with E-state index >= 15 is 0 Å². The third-order valence-corrected chi connectivity index (χ3v) is 4.40. The van der Waals surface area contributed by atoms with Gasteiger partial charge in [0.25, 0.3) is 0 Å². The van der Waals surface area contributed by atoms with Gasteiger partial charge < -0.3 is 10.6 Å². The second kappa shape index (κ2) is 8.40. The van der Waals surface area contributed by atoms with Crippen molar-refractivity contribution < 1.29 is 13.2 Å². The zero-order chi connectivity index (χ0) is 18.6. The number of rotatable bonds is 4. The average Bonchev–Trinajstić information content (AvgIpc) is 2.51. The van der Waals surface area contributed by atoms with E-state index < -0.39 is 11.7 Å². The maximum absolute atomic E-state index is 12.9. The first kappa shape index (κ1) is 20.0. The lowest BCUT2D eigenvalue weighted by Crippen LogP contribution is -2.31. The van der Waals surface area contributed by atoms with Gasteiger partial charge >= 0.3 is 6.18 Å². The number of nitrogens with zero attached hydrogens (tertiary/aromatic N) is 1. The highest BCUT2D eigenvalue weighted by Gasteiger charge is 2.34. The summed E-state index contributed by atoms with van der Waals surface area (Å²) < 4.78 is 38.7. The molecular formula is C15H11Cl3F3N3S. The van der Waals surface area contributed by atoms with Gasteiger partial charge in [-0.05, 0) is 48.5 Å². The molecule has 0 unspecified atom stereocenters. The topological polar surface area (TPSA) is 37.0 Å². The van der Waals surface area contributed by atoms with Crippen LogP contribution in [0.4, 0.5) is 19.0 Å². The number of pyridine rings is 1. The predicted molar refractivity (Wildman–Crippen MR) is 98.6 cm³/mol. The van der Waals surface area contributed by atoms with Gasteiger partial charge in [0, 0.05) is 17.8 Å². The number of hydrogen-bond acceptors (Lipinski definition) is 2. The van der Waals surface area contributed by atoms with E-state index in [2.05, 4.69) is 15.6 Å². The molecule has 0 saturated carbocycles. The van der Waals surface area contributed by atoms with E-state index in [0.29, 0.717) is 33.6 Å². The van der Waals surface area contributed by atoms with E-state index in [1.807, 2.05) is 0 Å². The number of benzene rings is 1. The van der Waals surface area contributed by atoms with E-state index in [1.165, 1.54) is 18.3 Å². The van der Waals surface area contributed by atoms with Crippen LogP contribution >= 0.6 is 47.0 Å². The van der Waals surface area contributed by atoms with Gasteiger partial charge in [-0.1, -0.05) is 34.8 Å². The van der Waals surface area contributed by atoms with Crippen LogP contribution in [-0.4, -0.2) is 16.6 Å². The van der Waals surface area contributed by atoms with Crippen LogP contribution in [0.15, 0.2) is 30.5 Å². The predicted octanol–water partition coefficient (Wildman–Crippen LogP) is 5.59. The molecule has 1 heterocycles. The van der Waals surface area contributed by atoms with Gasteiger partial charge in [0.15, 0.2) is 5.11 Å². The normalized spacial score (nSPS) is 11.3. The molecule has 0 saturated heterocycles.